The van der Waals surface area contributed by atoms with Gasteiger partial charge >= 0.3 is 0 Å². The van der Waals surface area contributed by atoms with Crippen LogP contribution in [0.1, 0.15) is 36.6 Å². The summed E-state index contributed by atoms with van der Waals surface area (Å²) in [5.41, 5.74) is 0.738. The van der Waals surface area contributed by atoms with E-state index in [4.69, 9.17) is 17.8 Å². The molecule has 0 fully saturated rings. The van der Waals surface area contributed by atoms with E-state index in [2.05, 4.69) is 0 Å². The summed E-state index contributed by atoms with van der Waals surface area (Å²) >= 11 is 0. The predicted molar refractivity (Wildman–Crippen MR) is 191 cm³/mol. The molecule has 1 aromatic heterocycles. The maximum atomic E-state index is 14.6. The summed E-state index contributed by atoms with van der Waals surface area (Å²) in [5.74, 6) is 0.336. The van der Waals surface area contributed by atoms with Gasteiger partial charge in [0.25, 0.3) is 20.2 Å². The molecule has 0 aliphatic carbocycles. The van der Waals surface area contributed by atoms with Gasteiger partial charge in [0, 0.05) is 13.1 Å². The van der Waals surface area contributed by atoms with Gasteiger partial charge in [-0.15, -0.1) is 0 Å². The number of hydrogen-bond acceptors (Lipinski definition) is 9. The summed E-state index contributed by atoms with van der Waals surface area (Å²) in [5, 5.41) is 2.17. The van der Waals surface area contributed by atoms with Gasteiger partial charge in [-0.25, -0.2) is 0 Å². The molecule has 0 spiro atoms. The topological polar surface area (TPSA) is 127 Å². The highest BCUT2D eigenvalue weighted by Gasteiger charge is 2.51. The van der Waals surface area contributed by atoms with E-state index in [1.54, 1.807) is 49.7 Å². The van der Waals surface area contributed by atoms with Crippen LogP contribution in [-0.4, -0.2) is 40.2 Å². The summed E-state index contributed by atoms with van der Waals surface area (Å²) in [6.07, 6.45) is -3.17. The molecular weight excluding hydrogens is 679 g/mol. The highest BCUT2D eigenvalue weighted by atomic mass is 32.2. The maximum Gasteiger partial charge on any atom is 0.297 e. The number of methoxy groups -OCH3 is 1. The molecule has 50 heavy (non-hydrogen) atoms. The molecule has 5 aromatic carbocycles. The van der Waals surface area contributed by atoms with Crippen LogP contribution in [-0.2, 0) is 35.7 Å². The van der Waals surface area contributed by atoms with E-state index < -0.39 is 38.0 Å². The Bertz CT molecular complexity index is 2610. The van der Waals surface area contributed by atoms with E-state index in [-0.39, 0.29) is 43.2 Å². The Morgan fingerprint density at radius 3 is 1.94 bits per heavy atom. The Hall–Kier alpha value is -4.75. The number of fused-ring (bicyclic) bond motifs is 6. The van der Waals surface area contributed by atoms with Crippen molar-refractivity contribution in [3.63, 3.8) is 0 Å². The zero-order chi connectivity index (χ0) is 35.7. The Morgan fingerprint density at radius 2 is 1.34 bits per heavy atom. The first-order valence-corrected chi connectivity index (χ1v) is 18.7. The van der Waals surface area contributed by atoms with Crippen molar-refractivity contribution in [1.82, 2.24) is 4.57 Å². The van der Waals surface area contributed by atoms with E-state index in [9.17, 15) is 21.6 Å². The zero-order valence-electron chi connectivity index (χ0n) is 28.3. The number of nitrogens with zero attached hydrogens (tertiary/aromatic N) is 1. The molecule has 1 aliphatic heterocycles. The molecule has 1 aliphatic rings. The summed E-state index contributed by atoms with van der Waals surface area (Å²) in [6.45, 7) is 6.81. The van der Waals surface area contributed by atoms with E-state index in [0.717, 1.165) is 21.9 Å². The van der Waals surface area contributed by atoms with Crippen LogP contribution in [0, 0.1) is 13.8 Å². The van der Waals surface area contributed by atoms with Gasteiger partial charge in [-0.1, -0.05) is 65.7 Å². The molecule has 12 heteroatoms. The van der Waals surface area contributed by atoms with Gasteiger partial charge in [0.1, 0.15) is 29.3 Å². The minimum Gasteiger partial charge on any atom is -0.496 e. The molecule has 0 unspecified atom stereocenters. The largest absolute Gasteiger partial charge is 0.496 e. The number of aryl methyl sites for hydroxylation is 3. The van der Waals surface area contributed by atoms with Gasteiger partial charge in [-0.2, -0.15) is 16.8 Å². The average Bonchev–Trinajstić information content (AvgIpc) is 3.07. The van der Waals surface area contributed by atoms with Crippen LogP contribution in [0.5, 0.6) is 11.5 Å². The fraction of sp³-hybridized carbons (Fsp3) is 0.237. The van der Waals surface area contributed by atoms with Crippen molar-refractivity contribution in [2.45, 2.75) is 55.3 Å². The summed E-state index contributed by atoms with van der Waals surface area (Å²) < 4.78 is 81.9. The quantitative estimate of drug-likeness (QED) is 0.0991. The lowest BCUT2D eigenvalue weighted by molar-refractivity contribution is -0.0842. The lowest BCUT2D eigenvalue weighted by atomic mass is 9.86. The highest BCUT2D eigenvalue weighted by molar-refractivity contribution is 7.87. The SMILES string of the molecule is COc1cc2c(c3c1c(=O)c1c4ccccc4ccc1n3C)[C@@H](OS(=O)(=O)c1ccc(C)cc1)[C@@H](OS(=O)(=O)c1ccc(C)cc1)C(C)(C)O2. The van der Waals surface area contributed by atoms with Gasteiger partial charge < -0.3 is 14.0 Å². The Balaban J connectivity index is 1.55. The maximum absolute atomic E-state index is 14.6. The van der Waals surface area contributed by atoms with Crippen LogP contribution in [0.4, 0.5) is 0 Å². The molecule has 0 N–H and O–H groups in total. The molecular formula is C38H35NO9S2. The van der Waals surface area contributed by atoms with Gasteiger partial charge in [-0.05, 0) is 68.8 Å². The van der Waals surface area contributed by atoms with E-state index in [0.29, 0.717) is 10.9 Å². The van der Waals surface area contributed by atoms with Crippen LogP contribution >= 0.6 is 0 Å². The molecule has 0 bridgehead atoms. The summed E-state index contributed by atoms with van der Waals surface area (Å²) in [7, 11) is -5.89. The number of benzene rings is 5. The van der Waals surface area contributed by atoms with Crippen LogP contribution < -0.4 is 14.9 Å². The van der Waals surface area contributed by atoms with Crippen LogP contribution in [0.25, 0.3) is 32.6 Å². The van der Waals surface area contributed by atoms with Crippen molar-refractivity contribution in [2.75, 3.05) is 7.11 Å². The summed E-state index contributed by atoms with van der Waals surface area (Å²) in [6, 6.07) is 24.9. The lowest BCUT2D eigenvalue weighted by Gasteiger charge is -2.43. The van der Waals surface area contributed by atoms with Crippen molar-refractivity contribution in [3.8, 4) is 11.5 Å². The first-order chi connectivity index (χ1) is 23.6. The second kappa shape index (κ2) is 11.9. The number of ether oxygens (including phenoxy) is 2. The first-order valence-electron chi connectivity index (χ1n) is 15.9. The van der Waals surface area contributed by atoms with Gasteiger partial charge in [0.05, 0.1) is 44.3 Å². The third-order valence-electron chi connectivity index (χ3n) is 9.24. The minimum atomic E-state index is -4.56. The van der Waals surface area contributed by atoms with Crippen molar-refractivity contribution < 1.29 is 34.7 Å². The normalized spacial score (nSPS) is 17.5. The summed E-state index contributed by atoms with van der Waals surface area (Å²) in [4.78, 5) is 14.3. The number of hydrogen-bond donors (Lipinski definition) is 0. The van der Waals surface area contributed by atoms with Crippen LogP contribution in [0.15, 0.2) is 106 Å². The zero-order valence-corrected chi connectivity index (χ0v) is 29.9. The van der Waals surface area contributed by atoms with Crippen LogP contribution in [0.3, 0.4) is 0 Å². The van der Waals surface area contributed by atoms with Gasteiger partial charge in [0.15, 0.2) is 0 Å². The third-order valence-corrected chi connectivity index (χ3v) is 11.9. The predicted octanol–water partition coefficient (Wildman–Crippen LogP) is 6.86. The molecule has 2 heterocycles. The molecule has 6 aromatic rings. The van der Waals surface area contributed by atoms with E-state index in [1.165, 1.54) is 37.4 Å². The fourth-order valence-corrected chi connectivity index (χ4v) is 8.90. The van der Waals surface area contributed by atoms with Crippen molar-refractivity contribution in [2.24, 2.45) is 7.05 Å². The Labute approximate surface area is 290 Å². The fourth-order valence-electron chi connectivity index (χ4n) is 6.67. The number of pyridine rings is 1. The van der Waals surface area contributed by atoms with Gasteiger partial charge in [0.2, 0.25) is 5.43 Å². The number of rotatable bonds is 7. The second-order valence-electron chi connectivity index (χ2n) is 13.1. The Morgan fingerprint density at radius 1 is 0.760 bits per heavy atom. The molecule has 0 saturated heterocycles. The average molecular weight is 714 g/mol. The van der Waals surface area contributed by atoms with E-state index in [1.807, 2.05) is 50.2 Å². The molecule has 10 nitrogen and oxygen atoms in total. The second-order valence-corrected chi connectivity index (χ2v) is 16.2. The van der Waals surface area contributed by atoms with Crippen molar-refractivity contribution in [1.29, 1.82) is 0 Å². The molecule has 0 saturated carbocycles. The minimum absolute atomic E-state index is 0.120. The van der Waals surface area contributed by atoms with Gasteiger partial charge in [-0.3, -0.25) is 13.2 Å². The number of aromatic nitrogens is 1. The van der Waals surface area contributed by atoms with E-state index >= 15 is 0 Å². The standard InChI is InChI=1S/C38H35NO9S2/c1-22-11-16-25(17-12-22)49(41,42)47-36-33-30(46-38(3,4)37(36)48-50(43,44)26-18-13-23(2)14-19-26)21-29(45-6)32-34(33)39(5)28-20-15-24-9-7-8-10-27(24)31(28)35(32)40/h7-21,36-37H,1-6H3/t36-,37-/m1/s1. The molecule has 2 atom stereocenters. The highest BCUT2D eigenvalue weighted by Crippen LogP contribution is 2.50. The molecule has 258 valence electrons. The van der Waals surface area contributed by atoms with Crippen LogP contribution in [0.2, 0.25) is 0 Å². The first kappa shape index (κ1) is 33.7. The smallest absolute Gasteiger partial charge is 0.297 e. The third kappa shape index (κ3) is 5.52. The lowest BCUT2D eigenvalue weighted by Crippen LogP contribution is -2.52. The molecule has 7 rings (SSSR count). The molecule has 0 radical (unpaired) electrons. The molecule has 0 amide bonds. The van der Waals surface area contributed by atoms with Crippen molar-refractivity contribution >= 4 is 52.8 Å². The van der Waals surface area contributed by atoms with Crippen molar-refractivity contribution in [3.05, 3.63) is 118 Å². The monoisotopic (exact) mass is 713 g/mol. The Kier molecular flexibility index (Phi) is 8.06.